The van der Waals surface area contributed by atoms with E-state index in [1.807, 2.05) is 44.3 Å². The number of nitrogens with zero attached hydrogens (tertiary/aromatic N) is 1. The Kier molecular flexibility index (Phi) is 3.95. The van der Waals surface area contributed by atoms with E-state index < -0.39 is 0 Å². The third-order valence-corrected chi connectivity index (χ3v) is 4.97. The van der Waals surface area contributed by atoms with Crippen molar-refractivity contribution in [3.05, 3.63) is 53.0 Å². The van der Waals surface area contributed by atoms with Crippen LogP contribution in [0.4, 0.5) is 4.79 Å². The normalized spacial score (nSPS) is 17.9. The number of amides is 2. The number of rotatable bonds is 3. The number of nitrogens with one attached hydrogen (secondary N) is 3. The van der Waals surface area contributed by atoms with Crippen molar-refractivity contribution in [2.24, 2.45) is 0 Å². The van der Waals surface area contributed by atoms with Gasteiger partial charge in [0.15, 0.2) is 0 Å². The smallest absolute Gasteiger partial charge is 0.315 e. The fourth-order valence-corrected chi connectivity index (χ4v) is 3.68. The second-order valence-electron chi connectivity index (χ2n) is 6.68. The standard InChI is InChI=1S/C19H22N4O2/c1-11-14-7-3-4-9-16(14)25-18(11)12(2)21-19(24)22-15-8-5-6-13-10-20-23-17(13)15/h3-4,7,9-10,12,15H,5-6,8H2,1-2H3,(H,20,23)(H2,21,22,24)/t12-,15?/m1/s1. The number of hydrogen-bond acceptors (Lipinski definition) is 3. The van der Waals surface area contributed by atoms with Crippen molar-refractivity contribution in [2.75, 3.05) is 0 Å². The Morgan fingerprint density at radius 2 is 2.24 bits per heavy atom. The number of H-pyrrole nitrogens is 1. The topological polar surface area (TPSA) is 83.0 Å². The van der Waals surface area contributed by atoms with Gasteiger partial charge in [-0.05, 0) is 44.7 Å². The molecule has 2 heterocycles. The summed E-state index contributed by atoms with van der Waals surface area (Å²) in [5.74, 6) is 0.794. The minimum atomic E-state index is -0.211. The molecule has 1 unspecified atom stereocenters. The highest BCUT2D eigenvalue weighted by Gasteiger charge is 2.25. The molecule has 6 heteroatoms. The Morgan fingerprint density at radius 1 is 1.40 bits per heavy atom. The van der Waals surface area contributed by atoms with Gasteiger partial charge in [0.05, 0.1) is 24.0 Å². The molecule has 2 aromatic heterocycles. The summed E-state index contributed by atoms with van der Waals surface area (Å²) in [4.78, 5) is 12.5. The molecule has 4 rings (SSSR count). The molecule has 3 aromatic rings. The van der Waals surface area contributed by atoms with E-state index in [9.17, 15) is 4.79 Å². The van der Waals surface area contributed by atoms with Crippen LogP contribution < -0.4 is 10.6 Å². The molecule has 0 fully saturated rings. The number of carbonyl (C=O) groups excluding carboxylic acids is 1. The Hall–Kier alpha value is -2.76. The van der Waals surface area contributed by atoms with Gasteiger partial charge >= 0.3 is 6.03 Å². The van der Waals surface area contributed by atoms with Crippen molar-refractivity contribution in [2.45, 2.75) is 45.2 Å². The first kappa shape index (κ1) is 15.7. The first-order chi connectivity index (χ1) is 12.1. The molecule has 1 aliphatic carbocycles. The summed E-state index contributed by atoms with van der Waals surface area (Å²) >= 11 is 0. The number of para-hydroxylation sites is 1. The van der Waals surface area contributed by atoms with Crippen LogP contribution in [-0.4, -0.2) is 16.2 Å². The van der Waals surface area contributed by atoms with Crippen LogP contribution in [-0.2, 0) is 6.42 Å². The molecule has 25 heavy (non-hydrogen) atoms. The lowest BCUT2D eigenvalue weighted by Gasteiger charge is -2.24. The lowest BCUT2D eigenvalue weighted by atomic mass is 9.94. The Morgan fingerprint density at radius 3 is 3.08 bits per heavy atom. The van der Waals surface area contributed by atoms with Crippen LogP contribution in [0.2, 0.25) is 0 Å². The summed E-state index contributed by atoms with van der Waals surface area (Å²) in [7, 11) is 0. The molecule has 0 saturated carbocycles. The molecule has 130 valence electrons. The molecule has 0 saturated heterocycles. The Labute approximate surface area is 146 Å². The van der Waals surface area contributed by atoms with Gasteiger partial charge in [0, 0.05) is 10.9 Å². The summed E-state index contributed by atoms with van der Waals surface area (Å²) in [6, 6.07) is 7.49. The Bertz CT molecular complexity index is 911. The van der Waals surface area contributed by atoms with Gasteiger partial charge in [0.1, 0.15) is 11.3 Å². The van der Waals surface area contributed by atoms with Crippen LogP contribution in [0.1, 0.15) is 54.4 Å². The molecular weight excluding hydrogens is 316 g/mol. The number of urea groups is 1. The lowest BCUT2D eigenvalue weighted by molar-refractivity contribution is 0.230. The first-order valence-corrected chi connectivity index (χ1v) is 8.70. The average molecular weight is 338 g/mol. The van der Waals surface area contributed by atoms with E-state index in [4.69, 9.17) is 4.42 Å². The van der Waals surface area contributed by atoms with Crippen molar-refractivity contribution in [1.29, 1.82) is 0 Å². The molecule has 3 N–H and O–H groups in total. The number of hydrogen-bond donors (Lipinski definition) is 3. The zero-order valence-corrected chi connectivity index (χ0v) is 14.4. The van der Waals surface area contributed by atoms with E-state index >= 15 is 0 Å². The largest absolute Gasteiger partial charge is 0.459 e. The van der Waals surface area contributed by atoms with Gasteiger partial charge in [0.2, 0.25) is 0 Å². The van der Waals surface area contributed by atoms with Crippen molar-refractivity contribution in [3.8, 4) is 0 Å². The SMILES string of the molecule is Cc1c([C@@H](C)NC(=O)NC2CCCc3cn[nH]c32)oc2ccccc12. The third-order valence-electron chi connectivity index (χ3n) is 4.97. The number of aromatic amines is 1. The zero-order chi connectivity index (χ0) is 17.4. The van der Waals surface area contributed by atoms with E-state index in [-0.39, 0.29) is 18.1 Å². The minimum absolute atomic E-state index is 0.0183. The van der Waals surface area contributed by atoms with Gasteiger partial charge in [0.25, 0.3) is 0 Å². The molecule has 0 spiro atoms. The summed E-state index contributed by atoms with van der Waals surface area (Å²) in [5.41, 5.74) is 4.13. The van der Waals surface area contributed by atoms with E-state index in [1.165, 1.54) is 5.56 Å². The maximum absolute atomic E-state index is 12.5. The van der Waals surface area contributed by atoms with Gasteiger partial charge in [-0.2, -0.15) is 5.10 Å². The summed E-state index contributed by atoms with van der Waals surface area (Å²) in [5, 5.41) is 14.2. The minimum Gasteiger partial charge on any atom is -0.459 e. The van der Waals surface area contributed by atoms with Gasteiger partial charge < -0.3 is 15.1 Å². The summed E-state index contributed by atoms with van der Waals surface area (Å²) in [6.45, 7) is 3.96. The van der Waals surface area contributed by atoms with E-state index in [0.717, 1.165) is 47.2 Å². The number of aromatic nitrogens is 2. The van der Waals surface area contributed by atoms with Crippen molar-refractivity contribution >= 4 is 17.0 Å². The average Bonchev–Trinajstić information content (AvgIpc) is 3.21. The highest BCUT2D eigenvalue weighted by molar-refractivity contribution is 5.82. The summed E-state index contributed by atoms with van der Waals surface area (Å²) < 4.78 is 5.94. The third kappa shape index (κ3) is 2.88. The van der Waals surface area contributed by atoms with Gasteiger partial charge in [-0.15, -0.1) is 0 Å². The van der Waals surface area contributed by atoms with Gasteiger partial charge in [-0.3, -0.25) is 5.10 Å². The predicted molar refractivity (Wildman–Crippen MR) is 95.3 cm³/mol. The second-order valence-corrected chi connectivity index (χ2v) is 6.68. The summed E-state index contributed by atoms with van der Waals surface area (Å²) in [6.07, 6.45) is 4.83. The fourth-order valence-electron chi connectivity index (χ4n) is 3.68. The quantitative estimate of drug-likeness (QED) is 0.677. The van der Waals surface area contributed by atoms with Crippen LogP contribution in [0, 0.1) is 6.92 Å². The number of benzene rings is 1. The Balaban J connectivity index is 1.47. The molecule has 2 atom stereocenters. The van der Waals surface area contributed by atoms with Crippen LogP contribution in [0.15, 0.2) is 34.9 Å². The molecule has 0 radical (unpaired) electrons. The van der Waals surface area contributed by atoms with Crippen LogP contribution in [0.25, 0.3) is 11.0 Å². The number of carbonyl (C=O) groups is 1. The monoisotopic (exact) mass is 338 g/mol. The fraction of sp³-hybridized carbons (Fsp3) is 0.368. The molecule has 6 nitrogen and oxygen atoms in total. The van der Waals surface area contributed by atoms with Gasteiger partial charge in [-0.1, -0.05) is 18.2 Å². The molecule has 1 aliphatic rings. The van der Waals surface area contributed by atoms with Crippen molar-refractivity contribution in [1.82, 2.24) is 20.8 Å². The van der Waals surface area contributed by atoms with Gasteiger partial charge in [-0.25, -0.2) is 4.79 Å². The lowest BCUT2D eigenvalue weighted by Crippen LogP contribution is -2.40. The van der Waals surface area contributed by atoms with Crippen LogP contribution in [0.3, 0.4) is 0 Å². The number of furan rings is 1. The predicted octanol–water partition coefficient (Wildman–Crippen LogP) is 3.90. The zero-order valence-electron chi connectivity index (χ0n) is 14.4. The number of aryl methyl sites for hydroxylation is 2. The maximum Gasteiger partial charge on any atom is 0.315 e. The second kappa shape index (κ2) is 6.27. The number of fused-ring (bicyclic) bond motifs is 2. The maximum atomic E-state index is 12.5. The van der Waals surface area contributed by atoms with E-state index in [1.54, 1.807) is 0 Å². The molecule has 0 bridgehead atoms. The molecule has 0 aliphatic heterocycles. The molecule has 2 amide bonds. The van der Waals surface area contributed by atoms with Crippen molar-refractivity contribution in [3.63, 3.8) is 0 Å². The highest BCUT2D eigenvalue weighted by Crippen LogP contribution is 2.30. The molecular formula is C19H22N4O2. The van der Waals surface area contributed by atoms with Crippen molar-refractivity contribution < 1.29 is 9.21 Å². The molecule has 1 aromatic carbocycles. The van der Waals surface area contributed by atoms with E-state index in [2.05, 4.69) is 20.8 Å². The van der Waals surface area contributed by atoms with E-state index in [0.29, 0.717) is 0 Å². The highest BCUT2D eigenvalue weighted by atomic mass is 16.3. The van der Waals surface area contributed by atoms with Crippen LogP contribution in [0.5, 0.6) is 0 Å². The van der Waals surface area contributed by atoms with Crippen LogP contribution >= 0.6 is 0 Å². The first-order valence-electron chi connectivity index (χ1n) is 8.70.